The van der Waals surface area contributed by atoms with Gasteiger partial charge in [0.2, 0.25) is 17.1 Å². The molecule has 0 radical (unpaired) electrons. The third-order valence-corrected chi connectivity index (χ3v) is 8.69. The van der Waals surface area contributed by atoms with Gasteiger partial charge in [0.25, 0.3) is 0 Å². The highest BCUT2D eigenvalue weighted by atomic mass is 19.1. The topological polar surface area (TPSA) is 13.1 Å². The summed E-state index contributed by atoms with van der Waals surface area (Å²) in [5.41, 5.74) is 10.3. The minimum Gasteiger partial charge on any atom is -0.495 e. The van der Waals surface area contributed by atoms with Crippen LogP contribution >= 0.6 is 0 Å². The zero-order chi connectivity index (χ0) is 37.0. The number of aromatic nitrogens is 1. The van der Waals surface area contributed by atoms with Crippen molar-refractivity contribution in [1.29, 1.82) is 0 Å². The molecule has 1 heterocycles. The van der Waals surface area contributed by atoms with Crippen molar-refractivity contribution < 1.29 is 13.7 Å². The minimum absolute atomic E-state index is 0.293. The Morgan fingerprint density at radius 2 is 1.53 bits per heavy atom. The monoisotopic (exact) mass is 676 g/mol. The van der Waals surface area contributed by atoms with Crippen LogP contribution in [-0.4, -0.2) is 12.8 Å². The zero-order valence-corrected chi connectivity index (χ0v) is 31.0. The fourth-order valence-corrected chi connectivity index (χ4v) is 6.19. The Kier molecular flexibility index (Phi) is 13.4. The molecule has 0 saturated carbocycles. The zero-order valence-electron chi connectivity index (χ0n) is 31.0. The molecule has 0 saturated heterocycles. The minimum atomic E-state index is -1.34. The molecule has 0 N–H and O–H groups in total. The maximum Gasteiger partial charge on any atom is 0.219 e. The molecule has 2 nitrogen and oxygen atoms in total. The van der Waals surface area contributed by atoms with E-state index in [1.54, 1.807) is 26.2 Å². The van der Waals surface area contributed by atoms with E-state index >= 15 is 4.39 Å². The number of nitrogens with zero attached hydrogens (tertiary/aromatic N) is 1. The van der Waals surface area contributed by atoms with Crippen molar-refractivity contribution in [3.63, 3.8) is 0 Å². The van der Waals surface area contributed by atoms with Crippen LogP contribution in [0.1, 0.15) is 70.0 Å². The Hall–Kier alpha value is -5.54. The largest absolute Gasteiger partial charge is 0.495 e. The smallest absolute Gasteiger partial charge is 0.219 e. The van der Waals surface area contributed by atoms with Gasteiger partial charge in [0.1, 0.15) is 11.4 Å². The third kappa shape index (κ3) is 9.38. The average molecular weight is 677 g/mol. The van der Waals surface area contributed by atoms with Gasteiger partial charge in [-0.3, -0.25) is 0 Å². The van der Waals surface area contributed by atoms with Crippen molar-refractivity contribution in [3.8, 4) is 22.6 Å². The van der Waals surface area contributed by atoms with Gasteiger partial charge in [0.15, 0.2) is 0 Å². The highest BCUT2D eigenvalue weighted by Crippen LogP contribution is 2.39. The molecule has 1 aliphatic carbocycles. The summed E-state index contributed by atoms with van der Waals surface area (Å²) in [5.74, 6) is 0.747. The second-order valence-corrected chi connectivity index (χ2v) is 12.9. The molecular weight excluding hydrogens is 626 g/mol. The summed E-state index contributed by atoms with van der Waals surface area (Å²) in [6.45, 7) is 22.1. The fourth-order valence-electron chi connectivity index (χ4n) is 6.19. The van der Waals surface area contributed by atoms with Crippen LogP contribution in [-0.2, 0) is 0 Å². The van der Waals surface area contributed by atoms with Crippen LogP contribution in [0, 0.1) is 0 Å². The normalized spacial score (nSPS) is 16.9. The molecule has 1 unspecified atom stereocenters. The van der Waals surface area contributed by atoms with E-state index in [4.69, 9.17) is 4.74 Å². The van der Waals surface area contributed by atoms with Crippen molar-refractivity contribution >= 4 is 22.3 Å². The predicted molar refractivity (Wildman–Crippen MR) is 219 cm³/mol. The van der Waals surface area contributed by atoms with Crippen LogP contribution in [0.25, 0.3) is 39.1 Å². The summed E-state index contributed by atoms with van der Waals surface area (Å²) in [7, 11) is 1.71. The van der Waals surface area contributed by atoms with Crippen molar-refractivity contribution in [2.75, 3.05) is 7.11 Å². The summed E-state index contributed by atoms with van der Waals surface area (Å²) >= 11 is 0. The van der Waals surface area contributed by atoms with Crippen LogP contribution in [0.3, 0.4) is 0 Å². The molecular formula is C48H51FNO+. The molecule has 0 aliphatic heterocycles. The molecule has 1 aliphatic rings. The number of halogens is 1. The second kappa shape index (κ2) is 17.9. The van der Waals surface area contributed by atoms with E-state index in [-0.39, 0.29) is 0 Å². The lowest BCUT2D eigenvalue weighted by molar-refractivity contribution is -0.600. The highest BCUT2D eigenvalue weighted by Gasteiger charge is 2.30. The summed E-state index contributed by atoms with van der Waals surface area (Å²) in [6, 6.07) is 19.1. The van der Waals surface area contributed by atoms with Crippen LogP contribution < -0.4 is 9.30 Å². The molecule has 4 rings (SSSR count). The lowest BCUT2D eigenvalue weighted by atomic mass is 9.93. The second-order valence-electron chi connectivity index (χ2n) is 12.9. The predicted octanol–water partition coefficient (Wildman–Crippen LogP) is 12.9. The first-order chi connectivity index (χ1) is 24.6. The van der Waals surface area contributed by atoms with Gasteiger partial charge in [-0.15, -0.1) is 0 Å². The van der Waals surface area contributed by atoms with Crippen molar-refractivity contribution in [3.05, 3.63) is 187 Å². The molecule has 260 valence electrons. The van der Waals surface area contributed by atoms with Crippen molar-refractivity contribution in [1.82, 2.24) is 0 Å². The molecule has 1 aromatic heterocycles. The quantitative estimate of drug-likeness (QED) is 0.130. The molecule has 2 aromatic carbocycles. The molecule has 1 atom stereocenters. The van der Waals surface area contributed by atoms with Gasteiger partial charge in [0.05, 0.1) is 7.11 Å². The molecule has 3 aromatic rings. The lowest BCUT2D eigenvalue weighted by Gasteiger charge is -2.19. The average Bonchev–Trinajstić information content (AvgIpc) is 3.31. The van der Waals surface area contributed by atoms with Gasteiger partial charge in [0, 0.05) is 53.0 Å². The number of rotatable bonds is 13. The molecule has 0 amide bonds. The lowest BCUT2D eigenvalue weighted by Crippen LogP contribution is -2.40. The van der Waals surface area contributed by atoms with E-state index in [1.165, 1.54) is 5.57 Å². The van der Waals surface area contributed by atoms with E-state index in [9.17, 15) is 0 Å². The number of alkyl halides is 1. The number of hydrogen-bond acceptors (Lipinski definition) is 1. The standard InChI is InChI=1S/C48H51FNO/c1-10-20-37(14-5)45-31-41(38-24-16-15-17-25-38)32-46(40-27-19-29-48(8,49)30-28-40)50(45)42-33-43(36(13-4)26-18-23-35(6)7)47(51-9)44(34-42)39(21-11-2)22-12-3/h10-28,31-34H,1-2,5,29-30H2,3-4,6-9H3/q+1/b22-12-,26-18-,36-13+,37-20+,39-21+. The molecule has 0 spiro atoms. The van der Waals surface area contributed by atoms with Gasteiger partial charge < -0.3 is 4.74 Å². The van der Waals surface area contributed by atoms with Gasteiger partial charge >= 0.3 is 0 Å². The van der Waals surface area contributed by atoms with Gasteiger partial charge in [-0.05, 0) is 69.4 Å². The summed E-state index contributed by atoms with van der Waals surface area (Å²) in [6.07, 6.45) is 28.5. The molecule has 51 heavy (non-hydrogen) atoms. The van der Waals surface area contributed by atoms with Crippen molar-refractivity contribution in [2.45, 2.75) is 53.1 Å². The SMILES string of the molecule is C=C/C=C(\C=C/C)c1cc(-[n+]2c(C3=CCC(C)(F)CC=C3)cc(-c3ccccc3)cc2/C(C=C)=C/C=C)cc(C(/C=C\C=C(C)C)=C/C)c1OC. The summed E-state index contributed by atoms with van der Waals surface area (Å²) < 4.78 is 24.0. The molecule has 0 bridgehead atoms. The van der Waals surface area contributed by atoms with E-state index in [0.717, 1.165) is 67.4 Å². The number of methoxy groups -OCH3 is 1. The van der Waals surface area contributed by atoms with E-state index in [1.807, 2.05) is 74.6 Å². The Labute approximate surface area is 305 Å². The number of pyridine rings is 1. The molecule has 3 heteroatoms. The Morgan fingerprint density at radius 3 is 2.14 bits per heavy atom. The maximum absolute atomic E-state index is 15.5. The highest BCUT2D eigenvalue weighted by molar-refractivity contribution is 5.88. The van der Waals surface area contributed by atoms with Crippen LogP contribution in [0.5, 0.6) is 5.75 Å². The van der Waals surface area contributed by atoms with E-state index in [0.29, 0.717) is 12.8 Å². The molecule has 0 fully saturated rings. The Morgan fingerprint density at radius 1 is 0.843 bits per heavy atom. The number of hydrogen-bond donors (Lipinski definition) is 0. The third-order valence-electron chi connectivity index (χ3n) is 8.69. The first-order valence-corrected chi connectivity index (χ1v) is 17.4. The summed E-state index contributed by atoms with van der Waals surface area (Å²) in [4.78, 5) is 0. The maximum atomic E-state index is 15.5. The first-order valence-electron chi connectivity index (χ1n) is 17.4. The van der Waals surface area contributed by atoms with Gasteiger partial charge in [-0.25, -0.2) is 4.39 Å². The van der Waals surface area contributed by atoms with Gasteiger partial charge in [-0.1, -0.05) is 135 Å². The van der Waals surface area contributed by atoms with Crippen molar-refractivity contribution in [2.24, 2.45) is 0 Å². The van der Waals surface area contributed by atoms with E-state index in [2.05, 4.69) is 105 Å². The Balaban J connectivity index is 2.28. The van der Waals surface area contributed by atoms with Gasteiger partial charge in [-0.2, -0.15) is 4.57 Å². The van der Waals surface area contributed by atoms with E-state index < -0.39 is 5.67 Å². The number of allylic oxidation sites excluding steroid dienone is 19. The van der Waals surface area contributed by atoms with Crippen LogP contribution in [0.4, 0.5) is 4.39 Å². The van der Waals surface area contributed by atoms with Crippen LogP contribution in [0.2, 0.25) is 0 Å². The number of benzene rings is 2. The summed E-state index contributed by atoms with van der Waals surface area (Å²) in [5, 5.41) is 0. The first kappa shape index (κ1) is 38.3. The fraction of sp³-hybridized carbons (Fsp3) is 0.188. The Bertz CT molecular complexity index is 2020. The number of ether oxygens (including phenoxy) is 1. The van der Waals surface area contributed by atoms with Crippen LogP contribution in [0.15, 0.2) is 165 Å².